The van der Waals surface area contributed by atoms with E-state index in [9.17, 15) is 21.6 Å². The number of hydrogen-bond acceptors (Lipinski definition) is 2. The van der Waals surface area contributed by atoms with Gasteiger partial charge in [0.15, 0.2) is 0 Å². The van der Waals surface area contributed by atoms with Crippen molar-refractivity contribution in [2.75, 3.05) is 0 Å². The molecule has 0 spiro atoms. The predicted octanol–water partition coefficient (Wildman–Crippen LogP) is 3.05. The minimum atomic E-state index is -5.26. The Labute approximate surface area is 93.2 Å². The van der Waals surface area contributed by atoms with Gasteiger partial charge in [0.05, 0.1) is 4.90 Å². The van der Waals surface area contributed by atoms with E-state index < -0.39 is 20.2 Å². The van der Waals surface area contributed by atoms with Gasteiger partial charge in [-0.25, -0.2) is 8.42 Å². The molecule has 1 rings (SSSR count). The molecule has 7 heteroatoms. The Morgan fingerprint density at radius 3 is 2.20 bits per heavy atom. The minimum absolute atomic E-state index is 0.327. The van der Waals surface area contributed by atoms with Gasteiger partial charge in [-0.1, -0.05) is 22.0 Å². The molecule has 0 saturated carbocycles. The lowest BCUT2D eigenvalue weighted by atomic mass is 10.2. The molecule has 2 nitrogen and oxygen atoms in total. The molecule has 0 fully saturated rings. The molecule has 1 aromatic carbocycles. The quantitative estimate of drug-likeness (QED) is 0.799. The van der Waals surface area contributed by atoms with Gasteiger partial charge in [0.1, 0.15) is 0 Å². The number of sulfone groups is 1. The maximum atomic E-state index is 12.1. The average molecular weight is 303 g/mol. The summed E-state index contributed by atoms with van der Waals surface area (Å²) in [6.07, 6.45) is 0. The van der Waals surface area contributed by atoms with Crippen molar-refractivity contribution in [2.45, 2.75) is 17.3 Å². The first kappa shape index (κ1) is 12.5. The lowest BCUT2D eigenvalue weighted by molar-refractivity contribution is -0.0436. The Balaban J connectivity index is 3.36. The summed E-state index contributed by atoms with van der Waals surface area (Å²) in [5, 5.41) is 0. The van der Waals surface area contributed by atoms with Crippen molar-refractivity contribution >= 4 is 25.8 Å². The van der Waals surface area contributed by atoms with Gasteiger partial charge in [0.25, 0.3) is 9.84 Å². The summed E-state index contributed by atoms with van der Waals surface area (Å²) in [5.74, 6) is 0. The fraction of sp³-hybridized carbons (Fsp3) is 0.250. The van der Waals surface area contributed by atoms with E-state index in [1.165, 1.54) is 6.07 Å². The SMILES string of the molecule is Cc1ccc(S(=O)(=O)C(F)(F)F)cc1Br. The van der Waals surface area contributed by atoms with E-state index in [-0.39, 0.29) is 0 Å². The Bertz CT molecular complexity index is 479. The maximum absolute atomic E-state index is 12.1. The van der Waals surface area contributed by atoms with E-state index in [1.54, 1.807) is 6.92 Å². The molecule has 1 aromatic rings. The summed E-state index contributed by atoms with van der Waals surface area (Å²) in [6.45, 7) is 1.65. The van der Waals surface area contributed by atoms with Crippen LogP contribution in [0.5, 0.6) is 0 Å². The third-order valence-corrected chi connectivity index (χ3v) is 4.10. The highest BCUT2D eigenvalue weighted by Gasteiger charge is 2.46. The lowest BCUT2D eigenvalue weighted by Crippen LogP contribution is -2.23. The fourth-order valence-electron chi connectivity index (χ4n) is 0.874. The number of rotatable bonds is 1. The van der Waals surface area contributed by atoms with Gasteiger partial charge in [0, 0.05) is 4.47 Å². The molecule has 15 heavy (non-hydrogen) atoms. The first-order valence-electron chi connectivity index (χ1n) is 3.74. The van der Waals surface area contributed by atoms with Crippen molar-refractivity contribution in [1.29, 1.82) is 0 Å². The molecule has 0 aliphatic rings. The molecule has 0 atom stereocenters. The number of hydrogen-bond donors (Lipinski definition) is 0. The molecule has 0 bridgehead atoms. The molecule has 0 aliphatic carbocycles. The number of alkyl halides is 3. The fourth-order valence-corrected chi connectivity index (χ4v) is 2.19. The van der Waals surface area contributed by atoms with Crippen LogP contribution in [0.3, 0.4) is 0 Å². The van der Waals surface area contributed by atoms with Crippen LogP contribution in [0.4, 0.5) is 13.2 Å². The topological polar surface area (TPSA) is 34.1 Å². The Hall–Kier alpha value is -0.560. The van der Waals surface area contributed by atoms with Crippen molar-refractivity contribution < 1.29 is 21.6 Å². The molecule has 0 radical (unpaired) electrons. The van der Waals surface area contributed by atoms with Gasteiger partial charge >= 0.3 is 5.51 Å². The summed E-state index contributed by atoms with van der Waals surface area (Å²) >= 11 is 2.97. The normalized spacial score (nSPS) is 12.9. The van der Waals surface area contributed by atoms with Crippen LogP contribution < -0.4 is 0 Å². The molecule has 0 N–H and O–H groups in total. The highest BCUT2D eigenvalue weighted by molar-refractivity contribution is 9.10. The molecular formula is C8H6BrF3O2S. The largest absolute Gasteiger partial charge is 0.501 e. The number of aryl methyl sites for hydroxylation is 1. The molecule has 0 heterocycles. The van der Waals surface area contributed by atoms with Crippen LogP contribution in [0, 0.1) is 6.92 Å². The van der Waals surface area contributed by atoms with Crippen molar-refractivity contribution in [3.8, 4) is 0 Å². The molecule has 0 amide bonds. The second-order valence-electron chi connectivity index (χ2n) is 2.86. The molecule has 0 saturated heterocycles. The van der Waals surface area contributed by atoms with Crippen LogP contribution in [0.15, 0.2) is 27.6 Å². The monoisotopic (exact) mass is 302 g/mol. The lowest BCUT2D eigenvalue weighted by Gasteiger charge is -2.08. The van der Waals surface area contributed by atoms with Gasteiger partial charge < -0.3 is 0 Å². The predicted molar refractivity (Wildman–Crippen MR) is 52.1 cm³/mol. The van der Waals surface area contributed by atoms with Gasteiger partial charge in [-0.3, -0.25) is 0 Å². The van der Waals surface area contributed by atoms with E-state index in [0.29, 0.717) is 10.0 Å². The molecule has 0 aromatic heterocycles. The van der Waals surface area contributed by atoms with Crippen LogP contribution in [-0.4, -0.2) is 13.9 Å². The van der Waals surface area contributed by atoms with Crippen LogP contribution in [-0.2, 0) is 9.84 Å². The second-order valence-corrected chi connectivity index (χ2v) is 5.66. The van der Waals surface area contributed by atoms with Gasteiger partial charge in [-0.15, -0.1) is 0 Å². The molecule has 0 aliphatic heterocycles. The first-order valence-corrected chi connectivity index (χ1v) is 6.01. The van der Waals surface area contributed by atoms with Crippen molar-refractivity contribution in [1.82, 2.24) is 0 Å². The summed E-state index contributed by atoms with van der Waals surface area (Å²) < 4.78 is 58.7. The highest BCUT2D eigenvalue weighted by Crippen LogP contribution is 2.32. The van der Waals surface area contributed by atoms with E-state index in [0.717, 1.165) is 12.1 Å². The Morgan fingerprint density at radius 1 is 1.27 bits per heavy atom. The Morgan fingerprint density at radius 2 is 1.80 bits per heavy atom. The van der Waals surface area contributed by atoms with Crippen molar-refractivity contribution in [3.63, 3.8) is 0 Å². The summed E-state index contributed by atoms with van der Waals surface area (Å²) in [7, 11) is -5.25. The van der Waals surface area contributed by atoms with Crippen LogP contribution >= 0.6 is 15.9 Å². The molecular weight excluding hydrogens is 297 g/mol. The van der Waals surface area contributed by atoms with Crippen LogP contribution in [0.2, 0.25) is 0 Å². The smallest absolute Gasteiger partial charge is 0.214 e. The molecule has 0 unspecified atom stereocenters. The zero-order valence-electron chi connectivity index (χ0n) is 7.47. The van der Waals surface area contributed by atoms with Gasteiger partial charge in [-0.2, -0.15) is 13.2 Å². The number of halogens is 4. The minimum Gasteiger partial charge on any atom is -0.214 e. The highest BCUT2D eigenvalue weighted by atomic mass is 79.9. The van der Waals surface area contributed by atoms with Gasteiger partial charge in [-0.05, 0) is 24.6 Å². The zero-order valence-corrected chi connectivity index (χ0v) is 9.87. The summed E-state index contributed by atoms with van der Waals surface area (Å²) in [4.78, 5) is -0.757. The third-order valence-electron chi connectivity index (χ3n) is 1.76. The van der Waals surface area contributed by atoms with E-state index in [2.05, 4.69) is 15.9 Å². The van der Waals surface area contributed by atoms with Gasteiger partial charge in [0.2, 0.25) is 0 Å². The second kappa shape index (κ2) is 3.79. The summed E-state index contributed by atoms with van der Waals surface area (Å²) in [5.41, 5.74) is -4.60. The first-order chi connectivity index (χ1) is 6.66. The van der Waals surface area contributed by atoms with Crippen LogP contribution in [0.25, 0.3) is 0 Å². The molecule has 84 valence electrons. The van der Waals surface area contributed by atoms with E-state index >= 15 is 0 Å². The number of benzene rings is 1. The van der Waals surface area contributed by atoms with Crippen LogP contribution in [0.1, 0.15) is 5.56 Å². The van der Waals surface area contributed by atoms with Crippen molar-refractivity contribution in [3.05, 3.63) is 28.2 Å². The third kappa shape index (κ3) is 2.34. The maximum Gasteiger partial charge on any atom is 0.501 e. The zero-order chi connectivity index (χ0) is 11.9. The Kier molecular flexibility index (Phi) is 3.16. The van der Waals surface area contributed by atoms with E-state index in [1.807, 2.05) is 0 Å². The van der Waals surface area contributed by atoms with E-state index in [4.69, 9.17) is 0 Å². The van der Waals surface area contributed by atoms with Crippen molar-refractivity contribution in [2.24, 2.45) is 0 Å². The summed E-state index contributed by atoms with van der Waals surface area (Å²) in [6, 6.07) is 3.18. The standard InChI is InChI=1S/C8H6BrF3O2S/c1-5-2-3-6(4-7(5)9)15(13,14)8(10,11)12/h2-4H,1H3. The average Bonchev–Trinajstić information content (AvgIpc) is 2.07.